The van der Waals surface area contributed by atoms with Gasteiger partial charge in [0, 0.05) is 6.54 Å². The van der Waals surface area contributed by atoms with Crippen LogP contribution < -0.4 is 5.32 Å². The first kappa shape index (κ1) is 12.5. The van der Waals surface area contributed by atoms with Crippen molar-refractivity contribution in [1.29, 1.82) is 0 Å². The third-order valence-electron chi connectivity index (χ3n) is 2.83. The lowest BCUT2D eigenvalue weighted by molar-refractivity contribution is -0.128. The Kier molecular flexibility index (Phi) is 5.05. The van der Waals surface area contributed by atoms with Crippen molar-refractivity contribution in [2.24, 2.45) is 0 Å². The summed E-state index contributed by atoms with van der Waals surface area (Å²) in [6.07, 6.45) is 3.53. The van der Waals surface area contributed by atoms with Crippen LogP contribution in [0.4, 0.5) is 0 Å². The van der Waals surface area contributed by atoms with Crippen LogP contribution >= 0.6 is 0 Å². The second kappa shape index (κ2) is 6.08. The number of unbranched alkanes of at least 4 members (excludes halogenated alkanes) is 1. The monoisotopic (exact) mass is 213 g/mol. The lowest BCUT2D eigenvalue weighted by Gasteiger charge is -2.23. The van der Waals surface area contributed by atoms with Crippen molar-refractivity contribution < 1.29 is 4.79 Å². The van der Waals surface area contributed by atoms with Gasteiger partial charge >= 0.3 is 0 Å². The molecule has 0 radical (unpaired) electrons. The molecule has 0 aromatic rings. The largest absolute Gasteiger partial charge is 0.326 e. The predicted octanol–water partition coefficient (Wildman–Crippen LogP) is 0.496. The topological polar surface area (TPSA) is 35.6 Å². The Balaban J connectivity index is 2.21. The van der Waals surface area contributed by atoms with E-state index in [2.05, 4.69) is 31.2 Å². The number of rotatable bonds is 6. The van der Waals surface area contributed by atoms with Crippen molar-refractivity contribution in [2.75, 3.05) is 33.7 Å². The Labute approximate surface area is 92.6 Å². The van der Waals surface area contributed by atoms with E-state index in [1.807, 2.05) is 4.90 Å². The normalized spacial score (nSPS) is 21.7. The Bertz CT molecular complexity index is 206. The number of hydrogen-bond donors (Lipinski definition) is 1. The molecule has 88 valence electrons. The fraction of sp³-hybridized carbons (Fsp3) is 0.909. The van der Waals surface area contributed by atoms with E-state index in [1.54, 1.807) is 0 Å². The van der Waals surface area contributed by atoms with E-state index in [1.165, 1.54) is 0 Å². The van der Waals surface area contributed by atoms with E-state index in [0.29, 0.717) is 6.54 Å². The van der Waals surface area contributed by atoms with Gasteiger partial charge in [0.1, 0.15) is 0 Å². The van der Waals surface area contributed by atoms with Crippen molar-refractivity contribution >= 4 is 5.91 Å². The molecule has 1 amide bonds. The van der Waals surface area contributed by atoms with Gasteiger partial charge in [0.2, 0.25) is 5.91 Å². The standard InChI is InChI=1S/C11H23N3O/c1-4-10-12-9-11(15)14(10)8-6-5-7-13(2)3/h10,12H,4-9H2,1-3H3. The SMILES string of the molecule is CCC1NCC(=O)N1CCCCN(C)C. The van der Waals surface area contributed by atoms with E-state index in [0.717, 1.165) is 32.4 Å². The van der Waals surface area contributed by atoms with Crippen LogP contribution in [0.2, 0.25) is 0 Å². The summed E-state index contributed by atoms with van der Waals surface area (Å²) in [5.74, 6) is 0.256. The molecule has 1 atom stereocenters. The molecule has 0 aromatic heterocycles. The van der Waals surface area contributed by atoms with Crippen LogP contribution in [0.15, 0.2) is 0 Å². The summed E-state index contributed by atoms with van der Waals surface area (Å²) in [7, 11) is 4.16. The van der Waals surface area contributed by atoms with Crippen LogP contribution in [0.1, 0.15) is 26.2 Å². The zero-order valence-corrected chi connectivity index (χ0v) is 10.1. The molecule has 0 saturated carbocycles. The van der Waals surface area contributed by atoms with Gasteiger partial charge in [0.25, 0.3) is 0 Å². The second-order valence-electron chi connectivity index (χ2n) is 4.40. The maximum absolute atomic E-state index is 11.5. The van der Waals surface area contributed by atoms with E-state index >= 15 is 0 Å². The van der Waals surface area contributed by atoms with Crippen molar-refractivity contribution in [3.8, 4) is 0 Å². The molecule has 15 heavy (non-hydrogen) atoms. The van der Waals surface area contributed by atoms with Gasteiger partial charge < -0.3 is 9.80 Å². The minimum absolute atomic E-state index is 0.256. The van der Waals surface area contributed by atoms with Gasteiger partial charge in [-0.15, -0.1) is 0 Å². The van der Waals surface area contributed by atoms with Crippen molar-refractivity contribution in [3.05, 3.63) is 0 Å². The minimum atomic E-state index is 0.256. The summed E-state index contributed by atoms with van der Waals surface area (Å²) < 4.78 is 0. The summed E-state index contributed by atoms with van der Waals surface area (Å²) >= 11 is 0. The van der Waals surface area contributed by atoms with E-state index < -0.39 is 0 Å². The van der Waals surface area contributed by atoms with Crippen molar-refractivity contribution in [2.45, 2.75) is 32.4 Å². The first-order valence-electron chi connectivity index (χ1n) is 5.82. The number of hydrogen-bond acceptors (Lipinski definition) is 3. The summed E-state index contributed by atoms with van der Waals surface area (Å²) in [6.45, 7) is 4.64. The highest BCUT2D eigenvalue weighted by atomic mass is 16.2. The lowest BCUT2D eigenvalue weighted by atomic mass is 10.2. The lowest BCUT2D eigenvalue weighted by Crippen LogP contribution is -2.37. The third-order valence-corrected chi connectivity index (χ3v) is 2.83. The average Bonchev–Trinajstić information content (AvgIpc) is 2.54. The Morgan fingerprint density at radius 1 is 1.47 bits per heavy atom. The van der Waals surface area contributed by atoms with Crippen LogP contribution in [-0.2, 0) is 4.79 Å². The number of carbonyl (C=O) groups excluding carboxylic acids is 1. The number of carbonyl (C=O) groups is 1. The van der Waals surface area contributed by atoms with Crippen LogP contribution in [-0.4, -0.2) is 55.6 Å². The van der Waals surface area contributed by atoms with Crippen LogP contribution in [0.25, 0.3) is 0 Å². The van der Waals surface area contributed by atoms with E-state index in [4.69, 9.17) is 0 Å². The molecule has 1 saturated heterocycles. The number of nitrogens with one attached hydrogen (secondary N) is 1. The van der Waals surface area contributed by atoms with Gasteiger partial charge in [-0.25, -0.2) is 0 Å². The summed E-state index contributed by atoms with van der Waals surface area (Å²) in [5, 5.41) is 3.22. The molecular formula is C11H23N3O. The molecular weight excluding hydrogens is 190 g/mol. The van der Waals surface area contributed by atoms with Gasteiger partial charge in [-0.05, 0) is 39.9 Å². The van der Waals surface area contributed by atoms with Crippen molar-refractivity contribution in [1.82, 2.24) is 15.1 Å². The molecule has 0 aromatic carbocycles. The first-order valence-corrected chi connectivity index (χ1v) is 5.82. The average molecular weight is 213 g/mol. The zero-order chi connectivity index (χ0) is 11.3. The molecule has 1 aliphatic heterocycles. The molecule has 0 aliphatic carbocycles. The highest BCUT2D eigenvalue weighted by Gasteiger charge is 2.27. The molecule has 0 spiro atoms. The molecule has 1 heterocycles. The number of amides is 1. The zero-order valence-electron chi connectivity index (χ0n) is 10.1. The highest BCUT2D eigenvalue weighted by Crippen LogP contribution is 2.09. The van der Waals surface area contributed by atoms with Crippen molar-refractivity contribution in [3.63, 3.8) is 0 Å². The fourth-order valence-electron chi connectivity index (χ4n) is 1.95. The Morgan fingerprint density at radius 3 is 2.80 bits per heavy atom. The summed E-state index contributed by atoms with van der Waals surface area (Å²) in [4.78, 5) is 15.7. The Morgan fingerprint density at radius 2 is 2.20 bits per heavy atom. The van der Waals surface area contributed by atoms with Crippen LogP contribution in [0, 0.1) is 0 Å². The van der Waals surface area contributed by atoms with Crippen LogP contribution in [0.3, 0.4) is 0 Å². The van der Waals surface area contributed by atoms with Gasteiger partial charge in [-0.1, -0.05) is 6.92 Å². The Hall–Kier alpha value is -0.610. The smallest absolute Gasteiger partial charge is 0.237 e. The first-order chi connectivity index (χ1) is 7.15. The summed E-state index contributed by atoms with van der Waals surface area (Å²) in [6, 6.07) is 0. The molecule has 4 nitrogen and oxygen atoms in total. The van der Waals surface area contributed by atoms with Gasteiger partial charge in [-0.2, -0.15) is 0 Å². The van der Waals surface area contributed by atoms with E-state index in [9.17, 15) is 4.79 Å². The molecule has 4 heteroatoms. The second-order valence-corrected chi connectivity index (χ2v) is 4.40. The van der Waals surface area contributed by atoms with Gasteiger partial charge in [-0.3, -0.25) is 10.1 Å². The fourth-order valence-corrected chi connectivity index (χ4v) is 1.95. The third kappa shape index (κ3) is 3.80. The van der Waals surface area contributed by atoms with E-state index in [-0.39, 0.29) is 12.1 Å². The van der Waals surface area contributed by atoms with Gasteiger partial charge in [0.15, 0.2) is 0 Å². The number of nitrogens with zero attached hydrogens (tertiary/aromatic N) is 2. The predicted molar refractivity (Wildman–Crippen MR) is 61.6 cm³/mol. The molecule has 1 aliphatic rings. The highest BCUT2D eigenvalue weighted by molar-refractivity contribution is 5.80. The maximum Gasteiger partial charge on any atom is 0.237 e. The molecule has 1 unspecified atom stereocenters. The molecule has 1 N–H and O–H groups in total. The molecule has 1 fully saturated rings. The quantitative estimate of drug-likeness (QED) is 0.653. The molecule has 0 bridgehead atoms. The van der Waals surface area contributed by atoms with Crippen LogP contribution in [0.5, 0.6) is 0 Å². The van der Waals surface area contributed by atoms with Gasteiger partial charge in [0.05, 0.1) is 12.7 Å². The maximum atomic E-state index is 11.5. The summed E-state index contributed by atoms with van der Waals surface area (Å²) in [5.41, 5.74) is 0. The molecule has 1 rings (SSSR count). The minimum Gasteiger partial charge on any atom is -0.326 e.